The quantitative estimate of drug-likeness (QED) is 0.568. The van der Waals surface area contributed by atoms with E-state index >= 15 is 0 Å². The topological polar surface area (TPSA) is 78.4 Å². The molecule has 144 valence electrons. The van der Waals surface area contributed by atoms with Crippen molar-refractivity contribution in [3.8, 4) is 23.0 Å². The van der Waals surface area contributed by atoms with E-state index in [0.717, 1.165) is 5.56 Å². The molecule has 0 heterocycles. The molecule has 0 radical (unpaired) electrons. The molecule has 0 spiro atoms. The number of carbonyl (C=O) groups excluding carboxylic acids is 1. The first kappa shape index (κ1) is 20.1. The highest BCUT2D eigenvalue weighted by Crippen LogP contribution is 2.38. The summed E-state index contributed by atoms with van der Waals surface area (Å²) in [5.41, 5.74) is 4.36. The minimum Gasteiger partial charge on any atom is -0.494 e. The van der Waals surface area contributed by atoms with Gasteiger partial charge in [0.05, 0.1) is 33.6 Å². The molecule has 2 aromatic rings. The van der Waals surface area contributed by atoms with Gasteiger partial charge in [0.25, 0.3) is 5.91 Å². The Kier molecular flexibility index (Phi) is 7.05. The minimum atomic E-state index is -0.315. The monoisotopic (exact) mass is 372 g/mol. The molecule has 27 heavy (non-hydrogen) atoms. The van der Waals surface area contributed by atoms with E-state index in [1.165, 1.54) is 7.11 Å². The Bertz CT molecular complexity index is 791. The first-order chi connectivity index (χ1) is 13.0. The van der Waals surface area contributed by atoms with Crippen molar-refractivity contribution < 1.29 is 23.7 Å². The van der Waals surface area contributed by atoms with Crippen LogP contribution in [0.1, 0.15) is 29.8 Å². The molecule has 0 saturated carbocycles. The predicted molar refractivity (Wildman–Crippen MR) is 103 cm³/mol. The first-order valence-electron chi connectivity index (χ1n) is 8.41. The number of ether oxygens (including phenoxy) is 4. The lowest BCUT2D eigenvalue weighted by Crippen LogP contribution is -2.19. The van der Waals surface area contributed by atoms with Gasteiger partial charge in [-0.25, -0.2) is 5.43 Å². The summed E-state index contributed by atoms with van der Waals surface area (Å²) in [6.45, 7) is 4.25. The summed E-state index contributed by atoms with van der Waals surface area (Å²) in [4.78, 5) is 12.3. The van der Waals surface area contributed by atoms with Crippen LogP contribution in [0.4, 0.5) is 0 Å². The third kappa shape index (κ3) is 4.91. The largest absolute Gasteiger partial charge is 0.494 e. The van der Waals surface area contributed by atoms with E-state index in [4.69, 9.17) is 18.9 Å². The summed E-state index contributed by atoms with van der Waals surface area (Å²) in [5, 5.41) is 4.17. The van der Waals surface area contributed by atoms with Crippen LogP contribution in [0.15, 0.2) is 41.5 Å². The van der Waals surface area contributed by atoms with Crippen LogP contribution in [-0.2, 0) is 0 Å². The van der Waals surface area contributed by atoms with Gasteiger partial charge in [0.2, 0.25) is 5.75 Å². The Hall–Kier alpha value is -3.22. The lowest BCUT2D eigenvalue weighted by Gasteiger charge is -2.14. The fourth-order valence-corrected chi connectivity index (χ4v) is 2.42. The minimum absolute atomic E-state index is 0.315. The van der Waals surface area contributed by atoms with Crippen molar-refractivity contribution in [1.82, 2.24) is 5.43 Å². The molecule has 0 atom stereocenters. The van der Waals surface area contributed by atoms with Gasteiger partial charge >= 0.3 is 0 Å². The average Bonchev–Trinajstić information content (AvgIpc) is 2.71. The van der Waals surface area contributed by atoms with Gasteiger partial charge < -0.3 is 18.9 Å². The molecule has 0 fully saturated rings. The van der Waals surface area contributed by atoms with Crippen LogP contribution in [0.2, 0.25) is 0 Å². The van der Waals surface area contributed by atoms with Gasteiger partial charge in [0, 0.05) is 11.1 Å². The van der Waals surface area contributed by atoms with Gasteiger partial charge in [-0.3, -0.25) is 4.79 Å². The van der Waals surface area contributed by atoms with Crippen LogP contribution in [0.25, 0.3) is 0 Å². The molecule has 0 aliphatic heterocycles. The number of methoxy groups -OCH3 is 3. The zero-order valence-corrected chi connectivity index (χ0v) is 16.2. The number of carbonyl (C=O) groups is 1. The molecule has 0 saturated heterocycles. The number of hydrogen-bond donors (Lipinski definition) is 1. The smallest absolute Gasteiger partial charge is 0.271 e. The second-order valence-corrected chi connectivity index (χ2v) is 5.51. The number of hydrazone groups is 1. The predicted octanol–water partition coefficient (Wildman–Crippen LogP) is 3.27. The van der Waals surface area contributed by atoms with E-state index in [1.54, 1.807) is 57.5 Å². The van der Waals surface area contributed by atoms with E-state index in [-0.39, 0.29) is 5.91 Å². The molecular weight excluding hydrogens is 348 g/mol. The number of nitrogens with zero attached hydrogens (tertiary/aromatic N) is 1. The van der Waals surface area contributed by atoms with Crippen LogP contribution < -0.4 is 24.4 Å². The normalized spacial score (nSPS) is 10.9. The zero-order chi connectivity index (χ0) is 19.8. The number of nitrogens with one attached hydrogen (secondary N) is 1. The number of amides is 1. The van der Waals surface area contributed by atoms with Crippen LogP contribution in [0.5, 0.6) is 23.0 Å². The molecule has 0 unspecified atom stereocenters. The summed E-state index contributed by atoms with van der Waals surface area (Å²) in [6, 6.07) is 10.4. The maximum absolute atomic E-state index is 12.3. The average molecular weight is 372 g/mol. The molecule has 2 rings (SSSR count). The van der Waals surface area contributed by atoms with E-state index in [2.05, 4.69) is 10.5 Å². The van der Waals surface area contributed by atoms with Crippen LogP contribution in [0, 0.1) is 0 Å². The molecule has 2 aromatic carbocycles. The Labute approximate surface area is 158 Å². The van der Waals surface area contributed by atoms with Gasteiger partial charge in [0.1, 0.15) is 5.75 Å². The second-order valence-electron chi connectivity index (χ2n) is 5.51. The van der Waals surface area contributed by atoms with Crippen LogP contribution >= 0.6 is 0 Å². The summed E-state index contributed by atoms with van der Waals surface area (Å²) in [6.07, 6.45) is 0. The zero-order valence-electron chi connectivity index (χ0n) is 16.2. The lowest BCUT2D eigenvalue weighted by molar-refractivity contribution is 0.0955. The molecule has 0 aliphatic rings. The van der Waals surface area contributed by atoms with Crippen molar-refractivity contribution in [2.24, 2.45) is 5.10 Å². The third-order valence-corrected chi connectivity index (χ3v) is 3.84. The van der Waals surface area contributed by atoms with E-state index < -0.39 is 0 Å². The standard InChI is InChI=1S/C20H24N2O5/c1-6-27-16-9-7-14(8-10-16)20(23)22-21-13(2)15-11-17(24-3)19(26-5)18(12-15)25-4/h7-12H,6H2,1-5H3,(H,22,23)/b21-13+. The fourth-order valence-electron chi connectivity index (χ4n) is 2.42. The van der Waals surface area contributed by atoms with E-state index in [9.17, 15) is 4.79 Å². The molecule has 0 aliphatic carbocycles. The third-order valence-electron chi connectivity index (χ3n) is 3.84. The Balaban J connectivity index is 2.18. The molecule has 0 aromatic heterocycles. The number of hydrogen-bond acceptors (Lipinski definition) is 6. The van der Waals surface area contributed by atoms with Crippen LogP contribution in [0.3, 0.4) is 0 Å². The Morgan fingerprint density at radius 1 is 0.963 bits per heavy atom. The molecule has 7 nitrogen and oxygen atoms in total. The maximum Gasteiger partial charge on any atom is 0.271 e. The van der Waals surface area contributed by atoms with E-state index in [1.807, 2.05) is 6.92 Å². The second kappa shape index (κ2) is 9.47. The molecular formula is C20H24N2O5. The summed E-state index contributed by atoms with van der Waals surface area (Å²) in [7, 11) is 4.63. The van der Waals surface area contributed by atoms with Gasteiger partial charge in [0.15, 0.2) is 11.5 Å². The lowest BCUT2D eigenvalue weighted by atomic mass is 10.1. The van der Waals surface area contributed by atoms with Crippen molar-refractivity contribution in [3.05, 3.63) is 47.5 Å². The maximum atomic E-state index is 12.3. The summed E-state index contributed by atoms with van der Waals surface area (Å²) >= 11 is 0. The van der Waals surface area contributed by atoms with Crippen molar-refractivity contribution in [1.29, 1.82) is 0 Å². The highest BCUT2D eigenvalue weighted by atomic mass is 16.5. The highest BCUT2D eigenvalue weighted by Gasteiger charge is 2.14. The Morgan fingerprint density at radius 3 is 2.04 bits per heavy atom. The van der Waals surface area contributed by atoms with Gasteiger partial charge in [-0.1, -0.05) is 0 Å². The molecule has 0 bridgehead atoms. The van der Waals surface area contributed by atoms with E-state index in [0.29, 0.717) is 40.9 Å². The van der Waals surface area contributed by atoms with Gasteiger partial charge in [-0.2, -0.15) is 5.10 Å². The number of rotatable bonds is 8. The van der Waals surface area contributed by atoms with Gasteiger partial charge in [-0.05, 0) is 50.2 Å². The molecule has 7 heteroatoms. The van der Waals surface area contributed by atoms with Crippen LogP contribution in [-0.4, -0.2) is 39.6 Å². The Morgan fingerprint density at radius 2 is 1.56 bits per heavy atom. The van der Waals surface area contributed by atoms with Crippen molar-refractivity contribution in [2.75, 3.05) is 27.9 Å². The van der Waals surface area contributed by atoms with Crippen molar-refractivity contribution >= 4 is 11.6 Å². The molecule has 1 amide bonds. The fraction of sp³-hybridized carbons (Fsp3) is 0.300. The SMILES string of the molecule is CCOc1ccc(C(=O)N/N=C(\C)c2cc(OC)c(OC)c(OC)c2)cc1. The molecule has 1 N–H and O–H groups in total. The first-order valence-corrected chi connectivity index (χ1v) is 8.41. The summed E-state index contributed by atoms with van der Waals surface area (Å²) in [5.74, 6) is 1.92. The number of benzene rings is 2. The van der Waals surface area contributed by atoms with Crippen molar-refractivity contribution in [2.45, 2.75) is 13.8 Å². The highest BCUT2D eigenvalue weighted by molar-refractivity contribution is 6.01. The summed E-state index contributed by atoms with van der Waals surface area (Å²) < 4.78 is 21.3. The van der Waals surface area contributed by atoms with Gasteiger partial charge in [-0.15, -0.1) is 0 Å². The van der Waals surface area contributed by atoms with Crippen molar-refractivity contribution in [3.63, 3.8) is 0 Å².